The van der Waals surface area contributed by atoms with Gasteiger partial charge in [0.1, 0.15) is 0 Å². The summed E-state index contributed by atoms with van der Waals surface area (Å²) in [5.74, 6) is 0.478. The highest BCUT2D eigenvalue weighted by atomic mass is 16.1. The Labute approximate surface area is 78.2 Å². The van der Waals surface area contributed by atoms with Gasteiger partial charge in [0.2, 0.25) is 0 Å². The molecule has 1 aromatic rings. The van der Waals surface area contributed by atoms with Gasteiger partial charge < -0.3 is 10.3 Å². The molecule has 0 bridgehead atoms. The van der Waals surface area contributed by atoms with Gasteiger partial charge >= 0.3 is 0 Å². The summed E-state index contributed by atoms with van der Waals surface area (Å²) < 4.78 is 1.72. The van der Waals surface area contributed by atoms with E-state index >= 15 is 0 Å². The molecule has 1 heterocycles. The number of nitrogens with two attached hydrogens (primary N) is 1. The van der Waals surface area contributed by atoms with Crippen LogP contribution in [-0.4, -0.2) is 4.57 Å². The summed E-state index contributed by atoms with van der Waals surface area (Å²) in [6.07, 6.45) is 1.81. The van der Waals surface area contributed by atoms with Crippen molar-refractivity contribution in [3.63, 3.8) is 0 Å². The van der Waals surface area contributed by atoms with E-state index in [0.29, 0.717) is 18.0 Å². The number of hydrogen-bond acceptors (Lipinski definition) is 2. The van der Waals surface area contributed by atoms with Gasteiger partial charge in [-0.2, -0.15) is 0 Å². The quantitative estimate of drug-likeness (QED) is 0.753. The van der Waals surface area contributed by atoms with Crippen molar-refractivity contribution >= 4 is 0 Å². The fraction of sp³-hybridized carbons (Fsp3) is 0.500. The van der Waals surface area contributed by atoms with Crippen LogP contribution in [-0.2, 0) is 13.1 Å². The summed E-state index contributed by atoms with van der Waals surface area (Å²) in [6.45, 7) is 5.24. The first-order chi connectivity index (χ1) is 6.15. The van der Waals surface area contributed by atoms with Crippen molar-refractivity contribution in [3.05, 3.63) is 34.2 Å². The third-order valence-corrected chi connectivity index (χ3v) is 1.88. The molecule has 1 rings (SSSR count). The van der Waals surface area contributed by atoms with E-state index in [0.717, 1.165) is 6.54 Å². The first-order valence-electron chi connectivity index (χ1n) is 4.53. The van der Waals surface area contributed by atoms with Crippen molar-refractivity contribution in [1.29, 1.82) is 0 Å². The minimum absolute atomic E-state index is 0.0405. The van der Waals surface area contributed by atoms with E-state index < -0.39 is 0 Å². The second-order valence-electron chi connectivity index (χ2n) is 3.59. The fourth-order valence-electron chi connectivity index (χ4n) is 1.28. The van der Waals surface area contributed by atoms with E-state index in [2.05, 4.69) is 13.8 Å². The maximum atomic E-state index is 11.6. The highest BCUT2D eigenvalue weighted by Crippen LogP contribution is 1.97. The molecule has 0 amide bonds. The molecule has 3 heteroatoms. The Bertz CT molecular complexity index is 328. The van der Waals surface area contributed by atoms with E-state index in [1.807, 2.05) is 12.3 Å². The molecule has 0 spiro atoms. The van der Waals surface area contributed by atoms with Crippen LogP contribution in [0.25, 0.3) is 0 Å². The maximum absolute atomic E-state index is 11.6. The number of aromatic nitrogens is 1. The van der Waals surface area contributed by atoms with Gasteiger partial charge in [0, 0.05) is 24.8 Å². The van der Waals surface area contributed by atoms with Gasteiger partial charge in [-0.25, -0.2) is 0 Å². The average Bonchev–Trinajstić information content (AvgIpc) is 2.08. The van der Waals surface area contributed by atoms with Crippen molar-refractivity contribution in [2.75, 3.05) is 0 Å². The minimum atomic E-state index is 0.0405. The lowest BCUT2D eigenvalue weighted by Gasteiger charge is -2.09. The van der Waals surface area contributed by atoms with Crippen molar-refractivity contribution < 1.29 is 0 Å². The summed E-state index contributed by atoms with van der Waals surface area (Å²) in [6, 6.07) is 3.64. The third-order valence-electron chi connectivity index (χ3n) is 1.88. The molecule has 72 valence electrons. The summed E-state index contributed by atoms with van der Waals surface area (Å²) >= 11 is 0. The Morgan fingerprint density at radius 2 is 2.23 bits per heavy atom. The summed E-state index contributed by atoms with van der Waals surface area (Å²) in [7, 11) is 0. The Morgan fingerprint density at radius 3 is 2.77 bits per heavy atom. The lowest BCUT2D eigenvalue weighted by molar-refractivity contribution is 0.508. The summed E-state index contributed by atoms with van der Waals surface area (Å²) in [4.78, 5) is 11.6. The number of pyridine rings is 1. The van der Waals surface area contributed by atoms with Crippen molar-refractivity contribution in [2.24, 2.45) is 11.7 Å². The van der Waals surface area contributed by atoms with Crippen molar-refractivity contribution in [3.8, 4) is 0 Å². The Kier molecular flexibility index (Phi) is 3.25. The van der Waals surface area contributed by atoms with Gasteiger partial charge in [0.15, 0.2) is 0 Å². The zero-order chi connectivity index (χ0) is 9.84. The van der Waals surface area contributed by atoms with Crippen molar-refractivity contribution in [1.82, 2.24) is 4.57 Å². The SMILES string of the molecule is CC(C)Cn1cccc(CN)c1=O. The highest BCUT2D eigenvalue weighted by Gasteiger charge is 2.02. The molecular weight excluding hydrogens is 164 g/mol. The molecule has 0 aliphatic heterocycles. The molecule has 0 aliphatic rings. The molecule has 2 N–H and O–H groups in total. The molecular formula is C10H16N2O. The fourth-order valence-corrected chi connectivity index (χ4v) is 1.28. The number of hydrogen-bond donors (Lipinski definition) is 1. The maximum Gasteiger partial charge on any atom is 0.255 e. The molecule has 0 atom stereocenters. The molecule has 3 nitrogen and oxygen atoms in total. The molecule has 0 saturated carbocycles. The summed E-state index contributed by atoms with van der Waals surface area (Å²) in [5, 5.41) is 0. The average molecular weight is 180 g/mol. The predicted octanol–water partition coefficient (Wildman–Crippen LogP) is 0.963. The predicted molar refractivity (Wildman–Crippen MR) is 53.4 cm³/mol. The summed E-state index contributed by atoms with van der Waals surface area (Å²) in [5.41, 5.74) is 6.16. The normalized spacial score (nSPS) is 10.8. The van der Waals surface area contributed by atoms with Gasteiger partial charge in [-0.1, -0.05) is 19.9 Å². The molecule has 0 saturated heterocycles. The zero-order valence-electron chi connectivity index (χ0n) is 8.16. The monoisotopic (exact) mass is 180 g/mol. The Hall–Kier alpha value is -1.09. The first kappa shape index (κ1) is 9.99. The molecule has 1 aromatic heterocycles. The second kappa shape index (κ2) is 4.23. The standard InChI is InChI=1S/C10H16N2O/c1-8(2)7-12-5-3-4-9(6-11)10(12)13/h3-5,8H,6-7,11H2,1-2H3. The molecule has 0 unspecified atom stereocenters. The van der Waals surface area contributed by atoms with Crippen LogP contribution in [0.15, 0.2) is 23.1 Å². The van der Waals surface area contributed by atoms with E-state index in [1.54, 1.807) is 10.6 Å². The molecule has 0 aromatic carbocycles. The first-order valence-corrected chi connectivity index (χ1v) is 4.53. The smallest absolute Gasteiger partial charge is 0.255 e. The second-order valence-corrected chi connectivity index (χ2v) is 3.59. The van der Waals surface area contributed by atoms with Crippen LogP contribution < -0.4 is 11.3 Å². The van der Waals surface area contributed by atoms with Crippen LogP contribution in [0.4, 0.5) is 0 Å². The lowest BCUT2D eigenvalue weighted by atomic mass is 10.2. The van der Waals surface area contributed by atoms with Crippen LogP contribution in [0.3, 0.4) is 0 Å². The lowest BCUT2D eigenvalue weighted by Crippen LogP contribution is -2.26. The zero-order valence-corrected chi connectivity index (χ0v) is 8.16. The van der Waals surface area contributed by atoms with Gasteiger partial charge in [0.25, 0.3) is 5.56 Å². The van der Waals surface area contributed by atoms with Gasteiger partial charge in [-0.3, -0.25) is 4.79 Å². The highest BCUT2D eigenvalue weighted by molar-refractivity contribution is 5.09. The minimum Gasteiger partial charge on any atom is -0.326 e. The van der Waals surface area contributed by atoms with Gasteiger partial charge in [-0.15, -0.1) is 0 Å². The van der Waals surface area contributed by atoms with Crippen LogP contribution in [0, 0.1) is 5.92 Å². The van der Waals surface area contributed by atoms with E-state index in [9.17, 15) is 4.79 Å². The van der Waals surface area contributed by atoms with E-state index in [-0.39, 0.29) is 5.56 Å². The topological polar surface area (TPSA) is 48.0 Å². The van der Waals surface area contributed by atoms with Crippen LogP contribution >= 0.6 is 0 Å². The number of rotatable bonds is 3. The van der Waals surface area contributed by atoms with Crippen LogP contribution in [0.1, 0.15) is 19.4 Å². The Morgan fingerprint density at radius 1 is 1.54 bits per heavy atom. The van der Waals surface area contributed by atoms with Crippen LogP contribution in [0.5, 0.6) is 0 Å². The molecule has 0 aliphatic carbocycles. The van der Waals surface area contributed by atoms with Crippen LogP contribution in [0.2, 0.25) is 0 Å². The van der Waals surface area contributed by atoms with Gasteiger partial charge in [0.05, 0.1) is 0 Å². The largest absolute Gasteiger partial charge is 0.326 e. The van der Waals surface area contributed by atoms with Crippen molar-refractivity contribution in [2.45, 2.75) is 26.9 Å². The molecule has 0 fully saturated rings. The van der Waals surface area contributed by atoms with E-state index in [1.165, 1.54) is 0 Å². The molecule has 13 heavy (non-hydrogen) atoms. The number of nitrogens with zero attached hydrogens (tertiary/aromatic N) is 1. The van der Waals surface area contributed by atoms with E-state index in [4.69, 9.17) is 5.73 Å². The Balaban J connectivity index is 3.02. The third kappa shape index (κ3) is 2.42. The molecule has 0 radical (unpaired) electrons. The van der Waals surface area contributed by atoms with Gasteiger partial charge in [-0.05, 0) is 12.0 Å².